The number of phenolic OH excluding ortho intramolecular Hbond substituents is 1. The highest BCUT2D eigenvalue weighted by atomic mass is 19.2. The summed E-state index contributed by atoms with van der Waals surface area (Å²) in [6.45, 7) is 9.59. The lowest BCUT2D eigenvalue weighted by atomic mass is 9.87. The maximum absolute atomic E-state index is 17.2. The van der Waals surface area contributed by atoms with E-state index in [2.05, 4.69) is 36.3 Å². The highest BCUT2D eigenvalue weighted by Gasteiger charge is 2.46. The van der Waals surface area contributed by atoms with Crippen LogP contribution in [0.25, 0.3) is 44.1 Å². The Balaban J connectivity index is 0.770. The fourth-order valence-corrected chi connectivity index (χ4v) is 11.7. The van der Waals surface area contributed by atoms with Crippen LogP contribution in [0.4, 0.5) is 27.8 Å². The van der Waals surface area contributed by atoms with Gasteiger partial charge in [-0.15, -0.1) is 6.42 Å². The van der Waals surface area contributed by atoms with Crippen molar-refractivity contribution in [3.05, 3.63) is 107 Å². The smallest absolute Gasteiger partial charge is 0.319 e. The lowest BCUT2D eigenvalue weighted by Gasteiger charge is -2.34. The van der Waals surface area contributed by atoms with Gasteiger partial charge in [-0.2, -0.15) is 9.97 Å². The lowest BCUT2D eigenvalue weighted by Crippen LogP contribution is -2.53. The fourth-order valence-electron chi connectivity index (χ4n) is 11.7. The number of nitrogens with one attached hydrogen (secondary N) is 2. The van der Waals surface area contributed by atoms with Gasteiger partial charge in [0.1, 0.15) is 47.1 Å². The summed E-state index contributed by atoms with van der Waals surface area (Å²) >= 11 is 0. The van der Waals surface area contributed by atoms with E-state index < -0.39 is 82.1 Å². The third-order valence-electron chi connectivity index (χ3n) is 15.8. The van der Waals surface area contributed by atoms with Gasteiger partial charge in [-0.05, 0) is 105 Å². The van der Waals surface area contributed by atoms with Crippen molar-refractivity contribution in [2.45, 2.75) is 121 Å². The summed E-state index contributed by atoms with van der Waals surface area (Å²) in [5.74, 6) is -4.04. The second-order valence-electron chi connectivity index (χ2n) is 22.5. The number of β-amino-alcohol motifs (C(OH)–C–C–N with tert-alkyl or cyclic N) is 1. The molecule has 80 heavy (non-hydrogen) atoms. The molecule has 2 bridgehead atoms. The van der Waals surface area contributed by atoms with E-state index in [9.17, 15) is 37.8 Å². The van der Waals surface area contributed by atoms with Crippen molar-refractivity contribution < 1.29 is 56.0 Å². The maximum atomic E-state index is 17.2. The SMILES string of the molecule is C#Cc1c(F)ccc2cc(O)cc(-c3ncc4c(N5CC6CCC(C5)N6)nc(OC[C@@H]5CCCN5CCCCC(=O)O[C@H](C(=O)N5C[C@H](O)C[C@H]5C(=O)N[C@@H](C)c5ccc(-c6c(F)ccc(F)c6F)cc5)C(C)(C)C)nc4c3F)c12. The van der Waals surface area contributed by atoms with Crippen LogP contribution in [0.5, 0.6) is 11.8 Å². The van der Waals surface area contributed by atoms with Gasteiger partial charge in [-0.25, -0.2) is 22.0 Å². The summed E-state index contributed by atoms with van der Waals surface area (Å²) in [5.41, 5.74) is -0.971. The van der Waals surface area contributed by atoms with Gasteiger partial charge >= 0.3 is 12.0 Å². The molecule has 0 radical (unpaired) electrons. The van der Waals surface area contributed by atoms with E-state index in [0.717, 1.165) is 38.3 Å². The summed E-state index contributed by atoms with van der Waals surface area (Å²) in [5, 5.41) is 28.9. The number of anilines is 1. The Hall–Kier alpha value is -7.47. The largest absolute Gasteiger partial charge is 0.508 e. The molecular formula is C60H63F5N8O7. The standard InChI is InChI=1S/C60H63F5N8O7/c1-6-41-44(61)19-16-35-24-39(74)25-42(49(35)41)53-52(65)54-43(27-66-53)56(72-28-36-17-18-37(29-72)68-36)70-59(69-54)79-31-38-10-9-23-71(38)22-8-7-11-48(76)80-55(60(3,4)5)58(78)73-30-40(75)26-47(73)57(77)67-32(2)33-12-14-34(15-13-33)50-45(62)20-21-46(63)51(50)64/h1,12-16,19-21,24-25,27,32,36-38,40,47,55,68,74-75H,7-11,17-18,22-23,26,28-31H2,2-5H3,(H,67,77)/t32-,36?,37?,38-,40+,47-,55+/m0/s1. The number of aromatic nitrogens is 3. The number of piperazine rings is 1. The molecule has 2 amide bonds. The monoisotopic (exact) mass is 1100 g/mol. The number of esters is 1. The molecule has 4 aliphatic rings. The normalized spacial score (nSPS) is 21.0. The number of aliphatic hydroxyl groups is 1. The fraction of sp³-hybridized carbons (Fsp3) is 0.433. The number of fused-ring (bicyclic) bond motifs is 4. The lowest BCUT2D eigenvalue weighted by molar-refractivity contribution is -0.168. The van der Waals surface area contributed by atoms with Crippen LogP contribution >= 0.6 is 0 Å². The zero-order chi connectivity index (χ0) is 56.7. The van der Waals surface area contributed by atoms with Gasteiger partial charge < -0.3 is 40.1 Å². The molecule has 2 aromatic heterocycles. The second kappa shape index (κ2) is 22.9. The number of hydrogen-bond donors (Lipinski definition) is 4. The zero-order valence-electron chi connectivity index (χ0n) is 44.9. The third-order valence-corrected chi connectivity index (χ3v) is 15.8. The van der Waals surface area contributed by atoms with Crippen LogP contribution < -0.4 is 20.3 Å². The molecule has 6 heterocycles. The number of rotatable bonds is 16. The van der Waals surface area contributed by atoms with E-state index in [4.69, 9.17) is 20.9 Å². The van der Waals surface area contributed by atoms with Gasteiger partial charge in [0.05, 0.1) is 28.7 Å². The molecule has 4 saturated heterocycles. The predicted molar refractivity (Wildman–Crippen MR) is 290 cm³/mol. The molecule has 0 spiro atoms. The number of aromatic hydroxyl groups is 1. The number of pyridine rings is 1. The van der Waals surface area contributed by atoms with E-state index in [0.29, 0.717) is 60.7 Å². The number of benzene rings is 4. The summed E-state index contributed by atoms with van der Waals surface area (Å²) < 4.78 is 87.3. The van der Waals surface area contributed by atoms with Crippen LogP contribution in [0.15, 0.2) is 66.9 Å². The number of halogens is 5. The molecule has 0 aliphatic carbocycles. The molecular weight excluding hydrogens is 1040 g/mol. The molecule has 4 N–H and O–H groups in total. The number of carbonyl (C=O) groups is 3. The van der Waals surface area contributed by atoms with E-state index in [1.54, 1.807) is 39.8 Å². The number of carbonyl (C=O) groups excluding carboxylic acids is 3. The number of aliphatic hydroxyl groups excluding tert-OH is 1. The van der Waals surface area contributed by atoms with Crippen molar-refractivity contribution >= 4 is 45.3 Å². The Morgan fingerprint density at radius 1 is 0.912 bits per heavy atom. The first-order chi connectivity index (χ1) is 38.3. The van der Waals surface area contributed by atoms with Crippen molar-refractivity contribution in [2.24, 2.45) is 5.41 Å². The summed E-state index contributed by atoms with van der Waals surface area (Å²) in [6, 6.07) is 11.5. The molecule has 4 fully saturated rings. The average molecular weight is 1100 g/mol. The van der Waals surface area contributed by atoms with Crippen LogP contribution in [0.3, 0.4) is 0 Å². The van der Waals surface area contributed by atoms with Gasteiger partial charge in [-0.3, -0.25) is 24.3 Å². The number of hydrogen-bond acceptors (Lipinski definition) is 13. The molecule has 0 saturated carbocycles. The molecule has 7 atom stereocenters. The molecule has 15 nitrogen and oxygen atoms in total. The Morgan fingerprint density at radius 3 is 2.36 bits per heavy atom. The molecule has 6 aromatic rings. The molecule has 2 unspecified atom stereocenters. The number of phenols is 1. The van der Waals surface area contributed by atoms with Crippen LogP contribution in [0, 0.1) is 46.8 Å². The first kappa shape index (κ1) is 55.8. The molecule has 4 aromatic carbocycles. The van der Waals surface area contributed by atoms with Crippen LogP contribution in [-0.2, 0) is 19.1 Å². The summed E-state index contributed by atoms with van der Waals surface area (Å²) in [4.78, 5) is 61.2. The molecule has 20 heteroatoms. The minimum atomic E-state index is -1.32. The average Bonchev–Trinajstić information content (AvgIpc) is 4.22. The first-order valence-electron chi connectivity index (χ1n) is 27.1. The Bertz CT molecular complexity index is 3400. The minimum absolute atomic E-state index is 0.0113. The molecule has 10 rings (SSSR count). The maximum Gasteiger partial charge on any atom is 0.319 e. The van der Waals surface area contributed by atoms with Crippen molar-refractivity contribution in [1.82, 2.24) is 35.4 Å². The number of unbranched alkanes of at least 4 members (excludes halogenated alkanes) is 1. The van der Waals surface area contributed by atoms with Gasteiger partial charge in [0.15, 0.2) is 23.6 Å². The number of likely N-dealkylation sites (tertiary alicyclic amines) is 2. The highest BCUT2D eigenvalue weighted by molar-refractivity contribution is 6.03. The van der Waals surface area contributed by atoms with E-state index in [1.165, 1.54) is 47.5 Å². The van der Waals surface area contributed by atoms with E-state index in [-0.39, 0.29) is 89.2 Å². The summed E-state index contributed by atoms with van der Waals surface area (Å²) in [7, 11) is 0. The van der Waals surface area contributed by atoms with Gasteiger partial charge in [-0.1, -0.05) is 57.0 Å². The van der Waals surface area contributed by atoms with Crippen molar-refractivity contribution in [3.63, 3.8) is 0 Å². The third kappa shape index (κ3) is 11.5. The number of nitrogens with zero attached hydrogens (tertiary/aromatic N) is 6. The van der Waals surface area contributed by atoms with Crippen molar-refractivity contribution in [2.75, 3.05) is 44.2 Å². The summed E-state index contributed by atoms with van der Waals surface area (Å²) in [6.07, 6.45) is 9.63. The van der Waals surface area contributed by atoms with Crippen LogP contribution in [0.2, 0.25) is 0 Å². The van der Waals surface area contributed by atoms with Crippen LogP contribution in [-0.4, -0.2) is 128 Å². The van der Waals surface area contributed by atoms with E-state index >= 15 is 8.78 Å². The number of ether oxygens (including phenoxy) is 2. The Kier molecular flexibility index (Phi) is 16.0. The van der Waals surface area contributed by atoms with Gasteiger partial charge in [0, 0.05) is 73.2 Å². The predicted octanol–water partition coefficient (Wildman–Crippen LogP) is 8.65. The van der Waals surface area contributed by atoms with Crippen molar-refractivity contribution in [3.8, 4) is 46.5 Å². The molecule has 4 aliphatic heterocycles. The number of amides is 2. The first-order valence-corrected chi connectivity index (χ1v) is 27.1. The Labute approximate surface area is 459 Å². The van der Waals surface area contributed by atoms with Crippen LogP contribution in [0.1, 0.15) is 96.2 Å². The quantitative estimate of drug-likeness (QED) is 0.0238. The topological polar surface area (TPSA) is 183 Å². The highest BCUT2D eigenvalue weighted by Crippen LogP contribution is 2.40. The number of terminal acetylenes is 1. The van der Waals surface area contributed by atoms with E-state index in [1.807, 2.05) is 0 Å². The second-order valence-corrected chi connectivity index (χ2v) is 22.5. The van der Waals surface area contributed by atoms with Gasteiger partial charge in [0.2, 0.25) is 5.91 Å². The molecule has 420 valence electrons. The Morgan fingerprint density at radius 2 is 1.64 bits per heavy atom. The van der Waals surface area contributed by atoms with Crippen molar-refractivity contribution in [1.29, 1.82) is 0 Å². The van der Waals surface area contributed by atoms with Gasteiger partial charge in [0.25, 0.3) is 5.91 Å². The zero-order valence-corrected chi connectivity index (χ0v) is 44.9. The minimum Gasteiger partial charge on any atom is -0.508 e.